The number of rotatable bonds is 5. The monoisotopic (exact) mass is 277 g/mol. The van der Waals surface area contributed by atoms with Gasteiger partial charge in [0.15, 0.2) is 0 Å². The van der Waals surface area contributed by atoms with Crippen LogP contribution in [0.2, 0.25) is 5.02 Å². The van der Waals surface area contributed by atoms with Gasteiger partial charge in [0.1, 0.15) is 11.6 Å². The molecule has 0 fully saturated rings. The van der Waals surface area contributed by atoms with E-state index in [-0.39, 0.29) is 12.2 Å². The first-order valence-corrected chi connectivity index (χ1v) is 6.58. The van der Waals surface area contributed by atoms with E-state index in [4.69, 9.17) is 16.3 Å². The molecule has 0 aliphatic carbocycles. The molecule has 0 aliphatic heterocycles. The zero-order valence-electron chi connectivity index (χ0n) is 11.1. The highest BCUT2D eigenvalue weighted by molar-refractivity contribution is 6.30. The molecule has 4 heteroatoms. The first-order chi connectivity index (χ1) is 9.13. The highest BCUT2D eigenvalue weighted by Crippen LogP contribution is 2.26. The van der Waals surface area contributed by atoms with Crippen LogP contribution in [0.15, 0.2) is 29.8 Å². The fraction of sp³-hybridized carbons (Fsp3) is 0.333. The van der Waals surface area contributed by atoms with Crippen molar-refractivity contribution in [2.45, 2.75) is 26.7 Å². The van der Waals surface area contributed by atoms with Crippen molar-refractivity contribution >= 4 is 23.1 Å². The molecule has 0 aliphatic rings. The van der Waals surface area contributed by atoms with E-state index < -0.39 is 5.97 Å². The number of nitrogens with zero attached hydrogens (tertiary/aromatic N) is 1. The number of hydrogen-bond donors (Lipinski definition) is 0. The normalized spacial score (nSPS) is 11.5. The molecule has 19 heavy (non-hydrogen) atoms. The SMILES string of the molecule is CCC/C(=C(\C#N)C(=O)OCC)c1cccc(Cl)c1. The van der Waals surface area contributed by atoms with Crippen molar-refractivity contribution in [3.05, 3.63) is 40.4 Å². The molecular weight excluding hydrogens is 262 g/mol. The smallest absolute Gasteiger partial charge is 0.349 e. The number of carbonyl (C=O) groups is 1. The van der Waals surface area contributed by atoms with Crippen LogP contribution in [0.1, 0.15) is 32.3 Å². The Balaban J connectivity index is 3.31. The van der Waals surface area contributed by atoms with Gasteiger partial charge in [-0.25, -0.2) is 4.79 Å². The van der Waals surface area contributed by atoms with Crippen molar-refractivity contribution in [3.8, 4) is 6.07 Å². The van der Waals surface area contributed by atoms with E-state index in [2.05, 4.69) is 0 Å². The lowest BCUT2D eigenvalue weighted by atomic mass is 9.96. The van der Waals surface area contributed by atoms with Crippen LogP contribution in [-0.2, 0) is 9.53 Å². The molecule has 0 amide bonds. The zero-order valence-corrected chi connectivity index (χ0v) is 11.8. The summed E-state index contributed by atoms with van der Waals surface area (Å²) in [6.07, 6.45) is 1.45. The van der Waals surface area contributed by atoms with Gasteiger partial charge in [0.25, 0.3) is 0 Å². The summed E-state index contributed by atoms with van der Waals surface area (Å²) >= 11 is 5.96. The van der Waals surface area contributed by atoms with Crippen LogP contribution in [0.4, 0.5) is 0 Å². The minimum Gasteiger partial charge on any atom is -0.462 e. The van der Waals surface area contributed by atoms with Gasteiger partial charge in [-0.2, -0.15) is 5.26 Å². The molecule has 0 radical (unpaired) electrons. The van der Waals surface area contributed by atoms with Gasteiger partial charge in [0, 0.05) is 5.02 Å². The predicted molar refractivity (Wildman–Crippen MR) is 75.5 cm³/mol. The van der Waals surface area contributed by atoms with Crippen molar-refractivity contribution in [1.29, 1.82) is 5.26 Å². The molecule has 0 heterocycles. The maximum absolute atomic E-state index is 11.8. The lowest BCUT2D eigenvalue weighted by Gasteiger charge is -2.10. The van der Waals surface area contributed by atoms with Gasteiger partial charge in [0.2, 0.25) is 0 Å². The molecule has 1 aromatic carbocycles. The van der Waals surface area contributed by atoms with Crippen LogP contribution >= 0.6 is 11.6 Å². The number of ether oxygens (including phenoxy) is 1. The Hall–Kier alpha value is -1.79. The van der Waals surface area contributed by atoms with Gasteiger partial charge in [-0.15, -0.1) is 0 Å². The van der Waals surface area contributed by atoms with Crippen LogP contribution in [-0.4, -0.2) is 12.6 Å². The van der Waals surface area contributed by atoms with Gasteiger partial charge in [0.05, 0.1) is 6.61 Å². The second-order valence-corrected chi connectivity index (χ2v) is 4.38. The minimum atomic E-state index is -0.576. The predicted octanol–water partition coefficient (Wildman–Crippen LogP) is 3.98. The van der Waals surface area contributed by atoms with Gasteiger partial charge >= 0.3 is 5.97 Å². The van der Waals surface area contributed by atoms with Crippen LogP contribution in [0.25, 0.3) is 5.57 Å². The Morgan fingerprint density at radius 1 is 1.42 bits per heavy atom. The number of nitriles is 1. The summed E-state index contributed by atoms with van der Waals surface area (Å²) in [4.78, 5) is 11.8. The third-order valence-electron chi connectivity index (χ3n) is 2.57. The van der Waals surface area contributed by atoms with Crippen molar-refractivity contribution < 1.29 is 9.53 Å². The van der Waals surface area contributed by atoms with Gasteiger partial charge < -0.3 is 4.74 Å². The molecule has 100 valence electrons. The maximum Gasteiger partial charge on any atom is 0.349 e. The third kappa shape index (κ3) is 4.11. The molecule has 1 aromatic rings. The maximum atomic E-state index is 11.8. The number of carbonyl (C=O) groups excluding carboxylic acids is 1. The van der Waals surface area contributed by atoms with Gasteiger partial charge in [-0.1, -0.05) is 37.1 Å². The van der Waals surface area contributed by atoms with Gasteiger partial charge in [-0.3, -0.25) is 0 Å². The Morgan fingerprint density at radius 2 is 2.16 bits per heavy atom. The molecule has 0 spiro atoms. The number of benzene rings is 1. The van der Waals surface area contributed by atoms with E-state index in [9.17, 15) is 10.1 Å². The lowest BCUT2D eigenvalue weighted by Crippen LogP contribution is -2.09. The largest absolute Gasteiger partial charge is 0.462 e. The fourth-order valence-corrected chi connectivity index (χ4v) is 1.97. The summed E-state index contributed by atoms with van der Waals surface area (Å²) < 4.78 is 4.92. The standard InChI is InChI=1S/C15H16ClNO2/c1-3-6-13(11-7-5-8-12(16)9-11)14(10-17)15(18)19-4-2/h5,7-9H,3-4,6H2,1-2H3/b14-13-. The number of hydrogen-bond acceptors (Lipinski definition) is 3. The van der Waals surface area contributed by atoms with Crippen LogP contribution in [0.5, 0.6) is 0 Å². The highest BCUT2D eigenvalue weighted by Gasteiger charge is 2.17. The number of halogens is 1. The highest BCUT2D eigenvalue weighted by atomic mass is 35.5. The summed E-state index contributed by atoms with van der Waals surface area (Å²) in [5, 5.41) is 9.79. The van der Waals surface area contributed by atoms with Crippen molar-refractivity contribution in [2.75, 3.05) is 6.61 Å². The molecule has 0 aromatic heterocycles. The summed E-state index contributed by atoms with van der Waals surface area (Å²) in [6, 6.07) is 9.10. The van der Waals surface area contributed by atoms with E-state index in [1.807, 2.05) is 19.1 Å². The average Bonchev–Trinajstić information content (AvgIpc) is 2.39. The number of esters is 1. The number of allylic oxidation sites excluding steroid dienone is 1. The van der Waals surface area contributed by atoms with E-state index in [0.717, 1.165) is 12.0 Å². The van der Waals surface area contributed by atoms with Crippen LogP contribution in [0, 0.1) is 11.3 Å². The molecule has 0 saturated carbocycles. The Kier molecular flexibility index (Phi) is 6.11. The molecule has 0 bridgehead atoms. The molecular formula is C15H16ClNO2. The van der Waals surface area contributed by atoms with Crippen LogP contribution in [0.3, 0.4) is 0 Å². The molecule has 0 unspecified atom stereocenters. The first-order valence-electron chi connectivity index (χ1n) is 6.20. The zero-order chi connectivity index (χ0) is 14.3. The second-order valence-electron chi connectivity index (χ2n) is 3.95. The van der Waals surface area contributed by atoms with E-state index in [0.29, 0.717) is 17.0 Å². The quantitative estimate of drug-likeness (QED) is 0.465. The van der Waals surface area contributed by atoms with Crippen LogP contribution < -0.4 is 0 Å². The minimum absolute atomic E-state index is 0.0611. The fourth-order valence-electron chi connectivity index (χ4n) is 1.78. The summed E-state index contributed by atoms with van der Waals surface area (Å²) in [7, 11) is 0. The van der Waals surface area contributed by atoms with Gasteiger partial charge in [-0.05, 0) is 36.6 Å². The Labute approximate surface area is 118 Å². The summed E-state index contributed by atoms with van der Waals surface area (Å²) in [5.41, 5.74) is 1.54. The van der Waals surface area contributed by atoms with Crippen molar-refractivity contribution in [1.82, 2.24) is 0 Å². The van der Waals surface area contributed by atoms with Crippen molar-refractivity contribution in [3.63, 3.8) is 0 Å². The average molecular weight is 278 g/mol. The molecule has 0 atom stereocenters. The molecule has 0 saturated heterocycles. The molecule has 3 nitrogen and oxygen atoms in total. The Bertz CT molecular complexity index is 529. The van der Waals surface area contributed by atoms with E-state index >= 15 is 0 Å². The third-order valence-corrected chi connectivity index (χ3v) is 2.80. The molecule has 1 rings (SSSR count). The lowest BCUT2D eigenvalue weighted by molar-refractivity contribution is -0.137. The first kappa shape index (κ1) is 15.3. The Morgan fingerprint density at radius 3 is 2.68 bits per heavy atom. The van der Waals surface area contributed by atoms with E-state index in [1.54, 1.807) is 25.1 Å². The van der Waals surface area contributed by atoms with Crippen molar-refractivity contribution in [2.24, 2.45) is 0 Å². The molecule has 0 N–H and O–H groups in total. The van der Waals surface area contributed by atoms with E-state index in [1.165, 1.54) is 0 Å². The topological polar surface area (TPSA) is 50.1 Å². The summed E-state index contributed by atoms with van der Waals surface area (Å²) in [5.74, 6) is -0.576. The summed E-state index contributed by atoms with van der Waals surface area (Å²) in [6.45, 7) is 3.95. The second kappa shape index (κ2) is 7.60.